The molecule has 0 spiro atoms. The summed E-state index contributed by atoms with van der Waals surface area (Å²) in [7, 11) is 0. The van der Waals surface area contributed by atoms with Gasteiger partial charge in [-0.25, -0.2) is 9.97 Å². The minimum Gasteiger partial charge on any atom is -0.381 e. The fraction of sp³-hybridized carbons (Fsp3) is 0.545. The van der Waals surface area contributed by atoms with Gasteiger partial charge in [0.1, 0.15) is 11.9 Å². The number of hydrogen-bond donors (Lipinski definition) is 1. The molecule has 0 amide bonds. The van der Waals surface area contributed by atoms with Crippen molar-refractivity contribution in [2.75, 3.05) is 25.1 Å². The Bertz CT molecular complexity index is 331. The molecule has 0 radical (unpaired) electrons. The summed E-state index contributed by atoms with van der Waals surface area (Å²) in [6.45, 7) is 4.45. The third kappa shape index (κ3) is 4.71. The molecule has 1 heterocycles. The van der Waals surface area contributed by atoms with E-state index >= 15 is 0 Å². The molecule has 1 N–H and O–H groups in total. The molecule has 1 rings (SSSR count). The average molecular weight is 220 g/mol. The smallest absolute Gasteiger partial charge is 0.158 e. The maximum absolute atomic E-state index is 8.54. The lowest BCUT2D eigenvalue weighted by Crippen LogP contribution is -2.07. The summed E-state index contributed by atoms with van der Waals surface area (Å²) < 4.78 is 5.34. The van der Waals surface area contributed by atoms with E-state index in [4.69, 9.17) is 10.00 Å². The monoisotopic (exact) mass is 220 g/mol. The molecule has 0 saturated heterocycles. The highest BCUT2D eigenvalue weighted by Gasteiger charge is 1.95. The van der Waals surface area contributed by atoms with Crippen molar-refractivity contribution >= 4 is 5.82 Å². The summed E-state index contributed by atoms with van der Waals surface area (Å²) in [5.41, 5.74) is 0.330. The average Bonchev–Trinajstić information content (AvgIpc) is 2.34. The van der Waals surface area contributed by atoms with E-state index in [-0.39, 0.29) is 0 Å². The zero-order valence-corrected chi connectivity index (χ0v) is 9.44. The van der Waals surface area contributed by atoms with Gasteiger partial charge in [-0.2, -0.15) is 5.26 Å². The van der Waals surface area contributed by atoms with Crippen LogP contribution in [-0.2, 0) is 4.74 Å². The Hall–Kier alpha value is -1.67. The second-order valence-corrected chi connectivity index (χ2v) is 3.29. The second-order valence-electron chi connectivity index (χ2n) is 3.29. The van der Waals surface area contributed by atoms with Gasteiger partial charge in [-0.1, -0.05) is 6.92 Å². The number of anilines is 1. The van der Waals surface area contributed by atoms with Crippen LogP contribution in [0.15, 0.2) is 12.4 Å². The van der Waals surface area contributed by atoms with Crippen LogP contribution < -0.4 is 5.32 Å². The summed E-state index contributed by atoms with van der Waals surface area (Å²) >= 11 is 0. The lowest BCUT2D eigenvalue weighted by Gasteiger charge is -2.05. The maximum Gasteiger partial charge on any atom is 0.158 e. The van der Waals surface area contributed by atoms with Crippen LogP contribution in [0.5, 0.6) is 0 Å². The van der Waals surface area contributed by atoms with E-state index in [1.807, 2.05) is 6.07 Å². The second kappa shape index (κ2) is 7.60. The molecule has 5 heteroatoms. The first-order chi connectivity index (χ1) is 7.86. The molecule has 0 bridgehead atoms. The van der Waals surface area contributed by atoms with E-state index in [1.54, 1.807) is 6.20 Å². The quantitative estimate of drug-likeness (QED) is 0.706. The highest BCUT2D eigenvalue weighted by atomic mass is 16.5. The van der Waals surface area contributed by atoms with E-state index in [0.717, 1.165) is 32.6 Å². The van der Waals surface area contributed by atoms with Crippen molar-refractivity contribution in [2.45, 2.75) is 19.8 Å². The van der Waals surface area contributed by atoms with Gasteiger partial charge in [0.05, 0.1) is 12.4 Å². The predicted octanol–water partition coefficient (Wildman–Crippen LogP) is 1.58. The third-order valence-corrected chi connectivity index (χ3v) is 1.89. The number of nitriles is 1. The van der Waals surface area contributed by atoms with Crippen molar-refractivity contribution in [1.82, 2.24) is 9.97 Å². The molecule has 1 aromatic heterocycles. The lowest BCUT2D eigenvalue weighted by molar-refractivity contribution is 0.134. The molecule has 0 aliphatic heterocycles. The van der Waals surface area contributed by atoms with Gasteiger partial charge in [0, 0.05) is 19.8 Å². The Morgan fingerprint density at radius 3 is 2.88 bits per heavy atom. The van der Waals surface area contributed by atoms with Gasteiger partial charge in [-0.15, -0.1) is 0 Å². The summed E-state index contributed by atoms with van der Waals surface area (Å²) in [5.74, 6) is 0.689. The Kier molecular flexibility index (Phi) is 5.89. The molecule has 0 unspecified atom stereocenters. The fourth-order valence-corrected chi connectivity index (χ4v) is 1.11. The Balaban J connectivity index is 2.15. The molecule has 1 aromatic rings. The van der Waals surface area contributed by atoms with Gasteiger partial charge in [0.15, 0.2) is 5.69 Å². The van der Waals surface area contributed by atoms with Crippen molar-refractivity contribution in [1.29, 1.82) is 5.26 Å². The fourth-order valence-electron chi connectivity index (χ4n) is 1.11. The first-order valence-corrected chi connectivity index (χ1v) is 5.40. The first kappa shape index (κ1) is 12.4. The van der Waals surface area contributed by atoms with Crippen LogP contribution in [0.25, 0.3) is 0 Å². The Labute approximate surface area is 95.5 Å². The van der Waals surface area contributed by atoms with E-state index in [1.165, 1.54) is 6.20 Å². The standard InChI is InChI=1S/C11H16N4O/c1-2-5-16-6-3-4-13-11-9-14-10(7-12)8-15-11/h8-9H,2-6H2,1H3,(H,13,15). The normalized spacial score (nSPS) is 9.75. The van der Waals surface area contributed by atoms with Crippen LogP contribution in [0.2, 0.25) is 0 Å². The predicted molar refractivity (Wildman–Crippen MR) is 61.0 cm³/mol. The van der Waals surface area contributed by atoms with Crippen LogP contribution in [0, 0.1) is 11.3 Å². The first-order valence-electron chi connectivity index (χ1n) is 5.40. The largest absolute Gasteiger partial charge is 0.381 e. The molecule has 0 atom stereocenters. The molecule has 0 fully saturated rings. The van der Waals surface area contributed by atoms with Gasteiger partial charge in [0.2, 0.25) is 0 Å². The van der Waals surface area contributed by atoms with Gasteiger partial charge in [-0.05, 0) is 12.8 Å². The Morgan fingerprint density at radius 2 is 2.25 bits per heavy atom. The summed E-state index contributed by atoms with van der Waals surface area (Å²) in [5, 5.41) is 11.6. The molecule has 0 aromatic carbocycles. The van der Waals surface area contributed by atoms with E-state index < -0.39 is 0 Å². The molecule has 0 aliphatic rings. The van der Waals surface area contributed by atoms with Crippen molar-refractivity contribution in [3.8, 4) is 6.07 Å². The van der Waals surface area contributed by atoms with Crippen LogP contribution in [-0.4, -0.2) is 29.7 Å². The zero-order valence-electron chi connectivity index (χ0n) is 9.44. The molecule has 16 heavy (non-hydrogen) atoms. The molecule has 0 saturated carbocycles. The van der Waals surface area contributed by atoms with Crippen LogP contribution in [0.3, 0.4) is 0 Å². The van der Waals surface area contributed by atoms with Gasteiger partial charge < -0.3 is 10.1 Å². The summed E-state index contributed by atoms with van der Waals surface area (Å²) in [4.78, 5) is 7.95. The van der Waals surface area contributed by atoms with Crippen molar-refractivity contribution in [3.05, 3.63) is 18.1 Å². The van der Waals surface area contributed by atoms with Crippen molar-refractivity contribution in [2.24, 2.45) is 0 Å². The SMILES string of the molecule is CCCOCCCNc1cnc(C#N)cn1. The number of hydrogen-bond acceptors (Lipinski definition) is 5. The summed E-state index contributed by atoms with van der Waals surface area (Å²) in [6.07, 6.45) is 5.00. The topological polar surface area (TPSA) is 70.8 Å². The molecule has 5 nitrogen and oxygen atoms in total. The van der Waals surface area contributed by atoms with Gasteiger partial charge in [-0.3, -0.25) is 0 Å². The molecular formula is C11H16N4O. The van der Waals surface area contributed by atoms with Gasteiger partial charge >= 0.3 is 0 Å². The highest BCUT2D eigenvalue weighted by Crippen LogP contribution is 2.00. The van der Waals surface area contributed by atoms with E-state index in [0.29, 0.717) is 11.5 Å². The minimum atomic E-state index is 0.330. The lowest BCUT2D eigenvalue weighted by atomic mass is 10.4. The van der Waals surface area contributed by atoms with Crippen molar-refractivity contribution < 1.29 is 4.74 Å². The zero-order chi connectivity index (χ0) is 11.6. The number of ether oxygens (including phenoxy) is 1. The Morgan fingerprint density at radius 1 is 1.38 bits per heavy atom. The number of aromatic nitrogens is 2. The number of nitrogens with one attached hydrogen (secondary N) is 1. The minimum absolute atomic E-state index is 0.330. The van der Waals surface area contributed by atoms with E-state index in [9.17, 15) is 0 Å². The maximum atomic E-state index is 8.54. The highest BCUT2D eigenvalue weighted by molar-refractivity contribution is 5.32. The molecule has 86 valence electrons. The number of rotatable bonds is 7. The van der Waals surface area contributed by atoms with Crippen LogP contribution in [0.4, 0.5) is 5.82 Å². The van der Waals surface area contributed by atoms with E-state index in [2.05, 4.69) is 22.2 Å². The molecule has 0 aliphatic carbocycles. The van der Waals surface area contributed by atoms with Crippen LogP contribution >= 0.6 is 0 Å². The van der Waals surface area contributed by atoms with Gasteiger partial charge in [0.25, 0.3) is 0 Å². The summed E-state index contributed by atoms with van der Waals surface area (Å²) in [6, 6.07) is 1.92. The van der Waals surface area contributed by atoms with Crippen molar-refractivity contribution in [3.63, 3.8) is 0 Å². The third-order valence-electron chi connectivity index (χ3n) is 1.89. The van der Waals surface area contributed by atoms with Crippen LogP contribution in [0.1, 0.15) is 25.5 Å². The molecular weight excluding hydrogens is 204 g/mol. The number of nitrogens with zero attached hydrogens (tertiary/aromatic N) is 3.